The Morgan fingerprint density at radius 2 is 1.65 bits per heavy atom. The normalized spacial score (nSPS) is 10.3. The average Bonchev–Trinajstić information content (AvgIpc) is 2.47. The summed E-state index contributed by atoms with van der Waals surface area (Å²) < 4.78 is 0. The molecule has 120 valence electrons. The van der Waals surface area contributed by atoms with E-state index >= 15 is 0 Å². The van der Waals surface area contributed by atoms with Crippen molar-refractivity contribution < 1.29 is 9.59 Å². The minimum Gasteiger partial charge on any atom is -0.352 e. The number of hydrogen-bond donors (Lipinski definition) is 3. The molecule has 0 spiro atoms. The number of nitrogens with zero attached hydrogens (tertiary/aromatic N) is 2. The smallest absolute Gasteiger partial charge is 0.258 e. The van der Waals surface area contributed by atoms with Gasteiger partial charge in [0.05, 0.1) is 5.56 Å². The molecular weight excluding hydrogens is 294 g/mol. The van der Waals surface area contributed by atoms with E-state index in [2.05, 4.69) is 25.9 Å². The van der Waals surface area contributed by atoms with Gasteiger partial charge in [-0.2, -0.15) is 0 Å². The third-order valence-electron chi connectivity index (χ3n) is 2.77. The molecule has 1 heterocycles. The van der Waals surface area contributed by atoms with Gasteiger partial charge in [0.1, 0.15) is 0 Å². The summed E-state index contributed by atoms with van der Waals surface area (Å²) in [7, 11) is 0. The lowest BCUT2D eigenvalue weighted by molar-refractivity contribution is -0.114. The quantitative estimate of drug-likeness (QED) is 0.788. The first-order chi connectivity index (χ1) is 10.9. The molecule has 2 aromatic rings. The van der Waals surface area contributed by atoms with Crippen LogP contribution in [0.5, 0.6) is 0 Å². The molecule has 23 heavy (non-hydrogen) atoms. The Morgan fingerprint density at radius 3 is 2.22 bits per heavy atom. The van der Waals surface area contributed by atoms with Crippen molar-refractivity contribution in [3.63, 3.8) is 0 Å². The predicted molar refractivity (Wildman–Crippen MR) is 89.5 cm³/mol. The number of hydrogen-bond acceptors (Lipinski definition) is 5. The van der Waals surface area contributed by atoms with Gasteiger partial charge in [-0.3, -0.25) is 9.59 Å². The molecule has 3 N–H and O–H groups in total. The van der Waals surface area contributed by atoms with E-state index in [9.17, 15) is 9.59 Å². The van der Waals surface area contributed by atoms with Crippen LogP contribution in [0.25, 0.3) is 0 Å². The molecule has 2 rings (SSSR count). The summed E-state index contributed by atoms with van der Waals surface area (Å²) in [6, 6.07) is 7.11. The van der Waals surface area contributed by atoms with Gasteiger partial charge >= 0.3 is 0 Å². The van der Waals surface area contributed by atoms with E-state index in [0.717, 1.165) is 0 Å². The lowest BCUT2D eigenvalue weighted by Crippen LogP contribution is -2.15. The second-order valence-corrected chi connectivity index (χ2v) is 5.31. The van der Waals surface area contributed by atoms with Gasteiger partial charge in [0, 0.05) is 36.7 Å². The standard InChI is InChI=1S/C16H19N5O2/c1-10(2)19-16-17-8-12(9-18-16)15(23)21-14-6-4-5-13(7-14)20-11(3)22/h4-10H,1-3H3,(H,20,22)(H,21,23)(H,17,18,19). The van der Waals surface area contributed by atoms with Gasteiger partial charge in [-0.05, 0) is 32.0 Å². The van der Waals surface area contributed by atoms with Crippen LogP contribution in [0.3, 0.4) is 0 Å². The molecule has 1 aromatic carbocycles. The van der Waals surface area contributed by atoms with Crippen LogP contribution in [-0.2, 0) is 4.79 Å². The monoisotopic (exact) mass is 313 g/mol. The topological polar surface area (TPSA) is 96.0 Å². The highest BCUT2D eigenvalue weighted by atomic mass is 16.2. The molecule has 1 aromatic heterocycles. The van der Waals surface area contributed by atoms with Gasteiger partial charge in [-0.15, -0.1) is 0 Å². The maximum atomic E-state index is 12.2. The van der Waals surface area contributed by atoms with Crippen LogP contribution in [0.1, 0.15) is 31.1 Å². The number of rotatable bonds is 5. The average molecular weight is 313 g/mol. The van der Waals surface area contributed by atoms with E-state index in [1.54, 1.807) is 24.3 Å². The molecule has 0 atom stereocenters. The van der Waals surface area contributed by atoms with Crippen LogP contribution in [0.4, 0.5) is 17.3 Å². The zero-order valence-corrected chi connectivity index (χ0v) is 13.3. The Morgan fingerprint density at radius 1 is 1.04 bits per heavy atom. The van der Waals surface area contributed by atoms with Crippen molar-refractivity contribution >= 4 is 29.1 Å². The number of amides is 2. The van der Waals surface area contributed by atoms with Gasteiger partial charge in [0.15, 0.2) is 0 Å². The van der Waals surface area contributed by atoms with Gasteiger partial charge in [0.2, 0.25) is 11.9 Å². The van der Waals surface area contributed by atoms with Gasteiger partial charge in [0.25, 0.3) is 5.91 Å². The number of carbonyl (C=O) groups is 2. The molecule has 0 aliphatic rings. The summed E-state index contributed by atoms with van der Waals surface area (Å²) >= 11 is 0. The van der Waals surface area contributed by atoms with Crippen molar-refractivity contribution in [3.8, 4) is 0 Å². The molecular formula is C16H19N5O2. The summed E-state index contributed by atoms with van der Waals surface area (Å²) in [6.07, 6.45) is 2.93. The fraction of sp³-hybridized carbons (Fsp3) is 0.250. The highest BCUT2D eigenvalue weighted by molar-refractivity contribution is 6.04. The van der Waals surface area contributed by atoms with Crippen molar-refractivity contribution in [2.45, 2.75) is 26.8 Å². The molecule has 0 radical (unpaired) electrons. The Balaban J connectivity index is 2.05. The van der Waals surface area contributed by atoms with E-state index in [0.29, 0.717) is 22.9 Å². The van der Waals surface area contributed by atoms with Crippen LogP contribution in [0, 0.1) is 0 Å². The third kappa shape index (κ3) is 5.06. The molecule has 0 fully saturated rings. The summed E-state index contributed by atoms with van der Waals surface area (Å²) in [5.41, 5.74) is 1.54. The highest BCUT2D eigenvalue weighted by Crippen LogP contribution is 2.16. The summed E-state index contributed by atoms with van der Waals surface area (Å²) in [4.78, 5) is 31.4. The van der Waals surface area contributed by atoms with Gasteiger partial charge < -0.3 is 16.0 Å². The van der Waals surface area contributed by atoms with E-state index in [4.69, 9.17) is 0 Å². The van der Waals surface area contributed by atoms with Crippen molar-refractivity contribution in [3.05, 3.63) is 42.2 Å². The number of carbonyl (C=O) groups excluding carboxylic acids is 2. The zero-order valence-electron chi connectivity index (χ0n) is 13.3. The van der Waals surface area contributed by atoms with Crippen LogP contribution < -0.4 is 16.0 Å². The van der Waals surface area contributed by atoms with E-state index in [1.807, 2.05) is 13.8 Å². The van der Waals surface area contributed by atoms with E-state index < -0.39 is 0 Å². The fourth-order valence-corrected chi connectivity index (χ4v) is 1.86. The number of anilines is 3. The molecule has 0 bridgehead atoms. The molecule has 0 unspecified atom stereocenters. The molecule has 0 aliphatic carbocycles. The third-order valence-corrected chi connectivity index (χ3v) is 2.77. The SMILES string of the molecule is CC(=O)Nc1cccc(NC(=O)c2cnc(NC(C)C)nc2)c1. The van der Waals surface area contributed by atoms with Crippen molar-refractivity contribution in [2.24, 2.45) is 0 Å². The van der Waals surface area contributed by atoms with Gasteiger partial charge in [-0.25, -0.2) is 9.97 Å². The second kappa shape index (κ2) is 7.35. The summed E-state index contributed by atoms with van der Waals surface area (Å²) in [6.45, 7) is 5.38. The minimum atomic E-state index is -0.318. The van der Waals surface area contributed by atoms with Crippen molar-refractivity contribution in [1.82, 2.24) is 9.97 Å². The zero-order chi connectivity index (χ0) is 16.8. The van der Waals surface area contributed by atoms with E-state index in [-0.39, 0.29) is 17.9 Å². The lowest BCUT2D eigenvalue weighted by atomic mass is 10.2. The fourth-order valence-electron chi connectivity index (χ4n) is 1.86. The van der Waals surface area contributed by atoms with Gasteiger partial charge in [-0.1, -0.05) is 6.07 Å². The Bertz CT molecular complexity index is 698. The molecule has 0 saturated heterocycles. The van der Waals surface area contributed by atoms with E-state index in [1.165, 1.54) is 19.3 Å². The predicted octanol–water partition coefficient (Wildman–Crippen LogP) is 2.51. The highest BCUT2D eigenvalue weighted by Gasteiger charge is 2.08. The van der Waals surface area contributed by atoms with Crippen LogP contribution in [0.15, 0.2) is 36.7 Å². The maximum absolute atomic E-state index is 12.2. The Hall–Kier alpha value is -2.96. The largest absolute Gasteiger partial charge is 0.352 e. The Kier molecular flexibility index (Phi) is 5.24. The maximum Gasteiger partial charge on any atom is 0.258 e. The molecule has 7 heteroatoms. The molecule has 2 amide bonds. The number of benzene rings is 1. The first-order valence-corrected chi connectivity index (χ1v) is 7.21. The first-order valence-electron chi connectivity index (χ1n) is 7.21. The van der Waals surface area contributed by atoms with Crippen molar-refractivity contribution in [2.75, 3.05) is 16.0 Å². The molecule has 0 saturated carbocycles. The van der Waals surface area contributed by atoms with Crippen LogP contribution in [-0.4, -0.2) is 27.8 Å². The molecule has 7 nitrogen and oxygen atoms in total. The van der Waals surface area contributed by atoms with Crippen LogP contribution >= 0.6 is 0 Å². The van der Waals surface area contributed by atoms with Crippen molar-refractivity contribution in [1.29, 1.82) is 0 Å². The van der Waals surface area contributed by atoms with Crippen LogP contribution in [0.2, 0.25) is 0 Å². The number of aromatic nitrogens is 2. The molecule has 0 aliphatic heterocycles. The minimum absolute atomic E-state index is 0.171. The summed E-state index contributed by atoms with van der Waals surface area (Å²) in [5, 5.41) is 8.45. The first kappa shape index (κ1) is 16.4. The number of nitrogens with one attached hydrogen (secondary N) is 3. The Labute approximate surface area is 134 Å². The summed E-state index contributed by atoms with van der Waals surface area (Å²) in [5.74, 6) is -0.0135. The second-order valence-electron chi connectivity index (χ2n) is 5.31. The lowest BCUT2D eigenvalue weighted by Gasteiger charge is -2.09.